The topological polar surface area (TPSA) is 71.5 Å². The first-order chi connectivity index (χ1) is 11.2. The van der Waals surface area contributed by atoms with E-state index in [-0.39, 0.29) is 6.61 Å². The van der Waals surface area contributed by atoms with Crippen molar-refractivity contribution in [2.75, 3.05) is 19.0 Å². The molecule has 5 nitrogen and oxygen atoms in total. The number of rotatable bonds is 5. The second-order valence-corrected chi connectivity index (χ2v) is 4.59. The van der Waals surface area contributed by atoms with Gasteiger partial charge < -0.3 is 15.2 Å². The van der Waals surface area contributed by atoms with Crippen molar-refractivity contribution in [1.82, 2.24) is 4.98 Å². The highest BCUT2D eigenvalue weighted by Gasteiger charge is 2.07. The molecular formula is C17H19ClN2O3. The lowest BCUT2D eigenvalue weighted by Gasteiger charge is -2.13. The molecular weight excluding hydrogens is 316 g/mol. The molecule has 0 aliphatic rings. The van der Waals surface area contributed by atoms with Crippen molar-refractivity contribution in [3.05, 3.63) is 53.3 Å². The fraction of sp³-hybridized carbons (Fsp3) is 0.176. The summed E-state index contributed by atoms with van der Waals surface area (Å²) in [7, 11) is 1.79. The number of allylic oxidation sites excluding steroid dienone is 1. The molecule has 1 heterocycles. The third-order valence-corrected chi connectivity index (χ3v) is 2.80. The van der Waals surface area contributed by atoms with E-state index in [4.69, 9.17) is 21.4 Å². The predicted molar refractivity (Wildman–Crippen MR) is 93.2 cm³/mol. The van der Waals surface area contributed by atoms with Crippen LogP contribution >= 0.6 is 11.6 Å². The molecule has 2 rings (SSSR count). The van der Waals surface area contributed by atoms with Crippen LogP contribution in [0.5, 0.6) is 11.5 Å². The molecule has 0 radical (unpaired) electrons. The molecule has 23 heavy (non-hydrogen) atoms. The van der Waals surface area contributed by atoms with Gasteiger partial charge in [0.15, 0.2) is 5.75 Å². The van der Waals surface area contributed by atoms with E-state index in [2.05, 4.69) is 10.3 Å². The summed E-state index contributed by atoms with van der Waals surface area (Å²) in [5, 5.41) is 11.0. The summed E-state index contributed by atoms with van der Waals surface area (Å²) in [6.07, 6.45) is 5.46. The summed E-state index contributed by atoms with van der Waals surface area (Å²) >= 11 is 5.83. The van der Waals surface area contributed by atoms with E-state index < -0.39 is 0 Å². The van der Waals surface area contributed by atoms with E-state index in [1.165, 1.54) is 6.08 Å². The Labute approximate surface area is 140 Å². The minimum absolute atomic E-state index is 0.250. The third-order valence-electron chi connectivity index (χ3n) is 2.59. The Kier molecular flexibility index (Phi) is 8.42. The smallest absolute Gasteiger partial charge is 0.151 e. The maximum absolute atomic E-state index is 10.4. The molecule has 1 aromatic heterocycles. The maximum atomic E-state index is 10.4. The van der Waals surface area contributed by atoms with Crippen LogP contribution in [0, 0.1) is 0 Å². The molecule has 0 fully saturated rings. The van der Waals surface area contributed by atoms with E-state index in [0.29, 0.717) is 16.7 Å². The molecule has 0 amide bonds. The zero-order chi connectivity index (χ0) is 17.1. The quantitative estimate of drug-likeness (QED) is 0.494. The average Bonchev–Trinajstić information content (AvgIpc) is 2.54. The van der Waals surface area contributed by atoms with E-state index in [0.717, 1.165) is 17.5 Å². The number of nitrogens with one attached hydrogen (secondary N) is 1. The summed E-state index contributed by atoms with van der Waals surface area (Å²) in [5.41, 5.74) is 1.65. The zero-order valence-electron chi connectivity index (χ0n) is 13.0. The molecule has 6 heteroatoms. The van der Waals surface area contributed by atoms with Gasteiger partial charge in [-0.25, -0.2) is 4.98 Å². The van der Waals surface area contributed by atoms with Gasteiger partial charge in [-0.15, -0.1) is 0 Å². The Balaban J connectivity index is 0.000000816. The van der Waals surface area contributed by atoms with Crippen molar-refractivity contribution in [1.29, 1.82) is 0 Å². The van der Waals surface area contributed by atoms with Crippen molar-refractivity contribution in [3.8, 4) is 11.5 Å². The number of ether oxygens (including phenoxy) is 1. The first-order valence-corrected chi connectivity index (χ1v) is 7.36. The molecule has 1 aromatic carbocycles. The molecule has 0 unspecified atom stereocenters. The van der Waals surface area contributed by atoms with Gasteiger partial charge in [-0.3, -0.25) is 4.79 Å². The van der Waals surface area contributed by atoms with Crippen molar-refractivity contribution >= 4 is 29.7 Å². The fourth-order valence-electron chi connectivity index (χ4n) is 1.76. The number of para-hydroxylation sites is 1. The number of halogens is 1. The lowest BCUT2D eigenvalue weighted by atomic mass is 10.1. The SMILES string of the molecule is CCO.CNc1c(/C=C/C=O)cccc1Oc1ccnc(Cl)c1. The van der Waals surface area contributed by atoms with E-state index in [9.17, 15) is 4.79 Å². The minimum Gasteiger partial charge on any atom is -0.455 e. The van der Waals surface area contributed by atoms with Gasteiger partial charge in [0.1, 0.15) is 17.2 Å². The Bertz CT molecular complexity index is 660. The van der Waals surface area contributed by atoms with E-state index in [1.54, 1.807) is 38.4 Å². The number of anilines is 1. The number of pyridine rings is 1. The zero-order valence-corrected chi connectivity index (χ0v) is 13.7. The first-order valence-electron chi connectivity index (χ1n) is 6.99. The molecule has 2 aromatic rings. The van der Waals surface area contributed by atoms with Crippen LogP contribution in [0.25, 0.3) is 6.08 Å². The second-order valence-electron chi connectivity index (χ2n) is 4.20. The van der Waals surface area contributed by atoms with E-state index in [1.807, 2.05) is 18.2 Å². The van der Waals surface area contributed by atoms with Gasteiger partial charge in [0.05, 0.1) is 5.69 Å². The number of aliphatic hydroxyl groups excluding tert-OH is 1. The van der Waals surface area contributed by atoms with Crippen LogP contribution in [0.15, 0.2) is 42.6 Å². The number of benzene rings is 1. The molecule has 2 N–H and O–H groups in total. The van der Waals surface area contributed by atoms with Crippen LogP contribution in [0.2, 0.25) is 5.15 Å². The molecule has 0 aliphatic heterocycles. The predicted octanol–water partition coefficient (Wildman–Crippen LogP) is 3.78. The minimum atomic E-state index is 0.250. The molecule has 0 bridgehead atoms. The Morgan fingerprint density at radius 1 is 1.39 bits per heavy atom. The highest BCUT2D eigenvalue weighted by molar-refractivity contribution is 6.29. The third kappa shape index (κ3) is 6.10. The maximum Gasteiger partial charge on any atom is 0.151 e. The van der Waals surface area contributed by atoms with Crippen molar-refractivity contribution in [2.45, 2.75) is 6.92 Å². The van der Waals surface area contributed by atoms with E-state index >= 15 is 0 Å². The Morgan fingerprint density at radius 2 is 2.13 bits per heavy atom. The molecule has 0 saturated heterocycles. The summed E-state index contributed by atoms with van der Waals surface area (Å²) in [6, 6.07) is 8.92. The van der Waals surface area contributed by atoms with Gasteiger partial charge in [-0.1, -0.05) is 23.7 Å². The highest BCUT2D eigenvalue weighted by Crippen LogP contribution is 2.33. The van der Waals surface area contributed by atoms with Gasteiger partial charge in [0.2, 0.25) is 0 Å². The molecule has 122 valence electrons. The number of aliphatic hydroxyl groups is 1. The molecule has 0 saturated carbocycles. The largest absolute Gasteiger partial charge is 0.455 e. The van der Waals surface area contributed by atoms with Crippen LogP contribution in [0.3, 0.4) is 0 Å². The lowest BCUT2D eigenvalue weighted by molar-refractivity contribution is -0.104. The van der Waals surface area contributed by atoms with Crippen LogP contribution in [0.4, 0.5) is 5.69 Å². The lowest BCUT2D eigenvalue weighted by Crippen LogP contribution is -1.96. The summed E-state index contributed by atoms with van der Waals surface area (Å²) < 4.78 is 5.79. The monoisotopic (exact) mass is 334 g/mol. The number of nitrogens with zero attached hydrogens (tertiary/aromatic N) is 1. The van der Waals surface area contributed by atoms with Gasteiger partial charge >= 0.3 is 0 Å². The highest BCUT2D eigenvalue weighted by atomic mass is 35.5. The second kappa shape index (κ2) is 10.4. The van der Waals surface area contributed by atoms with Gasteiger partial charge in [-0.05, 0) is 31.2 Å². The summed E-state index contributed by atoms with van der Waals surface area (Å²) in [6.45, 7) is 1.93. The van der Waals surface area contributed by atoms with Crippen molar-refractivity contribution in [2.24, 2.45) is 0 Å². The van der Waals surface area contributed by atoms with Crippen molar-refractivity contribution in [3.63, 3.8) is 0 Å². The van der Waals surface area contributed by atoms with Gasteiger partial charge in [0.25, 0.3) is 0 Å². The number of hydrogen-bond donors (Lipinski definition) is 2. The average molecular weight is 335 g/mol. The van der Waals surface area contributed by atoms with Crippen molar-refractivity contribution < 1.29 is 14.6 Å². The van der Waals surface area contributed by atoms with Gasteiger partial charge in [0, 0.05) is 31.5 Å². The van der Waals surface area contributed by atoms with Gasteiger partial charge in [-0.2, -0.15) is 0 Å². The Morgan fingerprint density at radius 3 is 2.74 bits per heavy atom. The number of aldehydes is 1. The first kappa shape index (κ1) is 18.7. The van der Waals surface area contributed by atoms with Crippen LogP contribution < -0.4 is 10.1 Å². The summed E-state index contributed by atoms with van der Waals surface area (Å²) in [4.78, 5) is 14.3. The molecule has 0 spiro atoms. The normalized spacial score (nSPS) is 9.91. The van der Waals surface area contributed by atoms with Crippen LogP contribution in [0.1, 0.15) is 12.5 Å². The van der Waals surface area contributed by atoms with Crippen LogP contribution in [-0.4, -0.2) is 30.0 Å². The standard InChI is InChI=1S/C15H13ClN2O2.C2H6O/c1-17-15-11(5-3-9-19)4-2-6-13(15)20-12-7-8-18-14(16)10-12;1-2-3/h2-10,17H,1H3;3H,2H2,1H3/b5-3+;. The number of carbonyl (C=O) groups is 1. The fourth-order valence-corrected chi connectivity index (χ4v) is 1.92. The molecule has 0 atom stereocenters. The Hall–Kier alpha value is -2.37. The number of hydrogen-bond acceptors (Lipinski definition) is 5. The number of aromatic nitrogens is 1. The number of carbonyl (C=O) groups excluding carboxylic acids is 1. The van der Waals surface area contributed by atoms with Crippen LogP contribution in [-0.2, 0) is 4.79 Å². The summed E-state index contributed by atoms with van der Waals surface area (Å²) in [5.74, 6) is 1.24. The molecule has 0 aliphatic carbocycles.